The number of phenols is 1. The largest absolute Gasteiger partial charge is 0.508 e. The Hall–Kier alpha value is -4.48. The van der Waals surface area contributed by atoms with E-state index in [2.05, 4.69) is 0 Å². The second kappa shape index (κ2) is 13.3. The first-order chi connectivity index (χ1) is 21.1. The topological polar surface area (TPSA) is 251 Å². The zero-order chi connectivity index (χ0) is 33.2. The van der Waals surface area contributed by atoms with Crippen molar-refractivity contribution in [2.75, 3.05) is 20.8 Å². The second-order valence-electron chi connectivity index (χ2n) is 10.7. The SMILES string of the molecule is COc1cc(C2=C(O[C@@H]3O[C@H](COC(=O)C[C@@](C)(O)CC(=O)O)[C@@H](O)[C@H](O)[C@H]3O)C=C3C(O)=CC(O)=CC3O2)cc(OC)c1O. The number of carbonyl (C=O) groups is 2. The Labute approximate surface area is 255 Å². The van der Waals surface area contributed by atoms with Gasteiger partial charge in [-0.05, 0) is 25.1 Å². The van der Waals surface area contributed by atoms with E-state index in [-0.39, 0.29) is 51.4 Å². The van der Waals surface area contributed by atoms with Gasteiger partial charge < -0.3 is 69.3 Å². The molecule has 1 aromatic carbocycles. The zero-order valence-electron chi connectivity index (χ0n) is 24.3. The number of aliphatic hydroxyl groups excluding tert-OH is 5. The average Bonchev–Trinajstić information content (AvgIpc) is 2.95. The fourth-order valence-electron chi connectivity index (χ4n) is 4.83. The monoisotopic (exact) mass is 638 g/mol. The lowest BCUT2D eigenvalue weighted by atomic mass is 9.96. The summed E-state index contributed by atoms with van der Waals surface area (Å²) in [4.78, 5) is 23.2. The van der Waals surface area contributed by atoms with Crippen molar-refractivity contribution in [1.82, 2.24) is 0 Å². The molecule has 1 saturated heterocycles. The number of hydrogen-bond acceptors (Lipinski definition) is 15. The minimum absolute atomic E-state index is 0.0175. The number of carboxylic acids is 1. The fraction of sp³-hybridized carbons (Fsp3) is 0.448. The van der Waals surface area contributed by atoms with Crippen LogP contribution in [0.15, 0.2) is 53.2 Å². The number of carbonyl (C=O) groups excluding carboxylic acids is 1. The number of aliphatic carboxylic acids is 1. The van der Waals surface area contributed by atoms with Crippen molar-refractivity contribution in [1.29, 1.82) is 0 Å². The number of allylic oxidation sites excluding steroid dienone is 2. The van der Waals surface area contributed by atoms with Crippen molar-refractivity contribution in [2.45, 2.75) is 62.2 Å². The van der Waals surface area contributed by atoms with Gasteiger partial charge in [-0.3, -0.25) is 9.59 Å². The highest BCUT2D eigenvalue weighted by Crippen LogP contribution is 2.43. The molecule has 7 atom stereocenters. The molecule has 0 amide bonds. The number of esters is 1. The Balaban J connectivity index is 1.64. The maximum absolute atomic E-state index is 12.3. The molecule has 0 bridgehead atoms. The fourth-order valence-corrected chi connectivity index (χ4v) is 4.83. The van der Waals surface area contributed by atoms with E-state index >= 15 is 0 Å². The lowest BCUT2D eigenvalue weighted by Gasteiger charge is -2.40. The molecular formula is C29H34O16. The van der Waals surface area contributed by atoms with Crippen LogP contribution < -0.4 is 9.47 Å². The molecule has 0 radical (unpaired) electrons. The van der Waals surface area contributed by atoms with Crippen molar-refractivity contribution in [3.63, 3.8) is 0 Å². The van der Waals surface area contributed by atoms with Crippen LogP contribution in [0.2, 0.25) is 0 Å². The van der Waals surface area contributed by atoms with E-state index in [4.69, 9.17) is 33.5 Å². The highest BCUT2D eigenvalue weighted by Gasteiger charge is 2.46. The van der Waals surface area contributed by atoms with E-state index in [0.717, 1.165) is 13.0 Å². The molecule has 246 valence electrons. The molecule has 8 N–H and O–H groups in total. The van der Waals surface area contributed by atoms with Crippen LogP contribution in [0.3, 0.4) is 0 Å². The minimum atomic E-state index is -1.92. The quantitative estimate of drug-likeness (QED) is 0.152. The van der Waals surface area contributed by atoms with Gasteiger partial charge in [-0.1, -0.05) is 0 Å². The second-order valence-corrected chi connectivity index (χ2v) is 10.7. The van der Waals surface area contributed by atoms with Crippen molar-refractivity contribution in [3.8, 4) is 17.2 Å². The molecule has 45 heavy (non-hydrogen) atoms. The summed E-state index contributed by atoms with van der Waals surface area (Å²) in [5.41, 5.74) is -1.58. The molecule has 1 aliphatic carbocycles. The summed E-state index contributed by atoms with van der Waals surface area (Å²) in [7, 11) is 2.60. The van der Waals surface area contributed by atoms with Gasteiger partial charge in [0.15, 0.2) is 23.0 Å². The van der Waals surface area contributed by atoms with Crippen molar-refractivity contribution in [2.24, 2.45) is 0 Å². The van der Waals surface area contributed by atoms with E-state index in [1.54, 1.807) is 0 Å². The van der Waals surface area contributed by atoms with Crippen LogP contribution in [0.1, 0.15) is 25.3 Å². The summed E-state index contributed by atoms with van der Waals surface area (Å²) in [5.74, 6) is -3.63. The Kier molecular flexibility index (Phi) is 9.84. The number of hydrogen-bond donors (Lipinski definition) is 8. The van der Waals surface area contributed by atoms with Crippen molar-refractivity contribution in [3.05, 3.63) is 58.8 Å². The van der Waals surface area contributed by atoms with Gasteiger partial charge in [0.05, 0.1) is 32.7 Å². The van der Waals surface area contributed by atoms with Gasteiger partial charge >= 0.3 is 11.9 Å². The summed E-state index contributed by atoms with van der Waals surface area (Å²) in [6, 6.07) is 2.74. The van der Waals surface area contributed by atoms with Crippen LogP contribution in [0.5, 0.6) is 17.2 Å². The summed E-state index contributed by atoms with van der Waals surface area (Å²) < 4.78 is 33.1. The number of ether oxygens (including phenoxy) is 6. The number of phenolic OH excluding ortho intramolecular Hbond substituents is 1. The zero-order valence-corrected chi connectivity index (χ0v) is 24.3. The first kappa shape index (κ1) is 33.4. The number of methoxy groups -OCH3 is 2. The molecule has 0 spiro atoms. The van der Waals surface area contributed by atoms with Crippen LogP contribution >= 0.6 is 0 Å². The van der Waals surface area contributed by atoms with Gasteiger partial charge in [0, 0.05) is 23.3 Å². The van der Waals surface area contributed by atoms with Crippen molar-refractivity contribution >= 4 is 17.7 Å². The molecule has 0 aromatic heterocycles. The molecular weight excluding hydrogens is 604 g/mol. The number of fused-ring (bicyclic) bond motifs is 1. The van der Waals surface area contributed by atoms with E-state index in [0.29, 0.717) is 0 Å². The Morgan fingerprint density at radius 2 is 1.60 bits per heavy atom. The van der Waals surface area contributed by atoms with E-state index in [1.807, 2.05) is 0 Å². The van der Waals surface area contributed by atoms with E-state index in [9.17, 15) is 45.3 Å². The third kappa shape index (κ3) is 7.43. The van der Waals surface area contributed by atoms with Crippen molar-refractivity contribution < 1.29 is 78.9 Å². The Bertz CT molecular complexity index is 1410. The molecule has 16 nitrogen and oxygen atoms in total. The number of rotatable bonds is 11. The van der Waals surface area contributed by atoms with Gasteiger partial charge in [0.2, 0.25) is 12.0 Å². The van der Waals surface area contributed by atoms with E-state index < -0.39 is 73.8 Å². The average molecular weight is 639 g/mol. The summed E-state index contributed by atoms with van der Waals surface area (Å²) in [6.07, 6.45) is -7.48. The highest BCUT2D eigenvalue weighted by atomic mass is 16.7. The maximum atomic E-state index is 12.3. The number of aromatic hydroxyl groups is 1. The highest BCUT2D eigenvalue weighted by molar-refractivity contribution is 5.74. The predicted octanol–water partition coefficient (Wildman–Crippen LogP) is 0.284. The van der Waals surface area contributed by atoms with Crippen LogP contribution in [0.4, 0.5) is 0 Å². The lowest BCUT2D eigenvalue weighted by molar-refractivity contribution is -0.291. The molecule has 3 aliphatic rings. The van der Waals surface area contributed by atoms with Gasteiger partial charge in [0.25, 0.3) is 0 Å². The molecule has 0 saturated carbocycles. The van der Waals surface area contributed by atoms with Gasteiger partial charge in [0.1, 0.15) is 48.6 Å². The van der Waals surface area contributed by atoms with Crippen LogP contribution in [-0.2, 0) is 28.5 Å². The predicted molar refractivity (Wildman–Crippen MR) is 149 cm³/mol. The van der Waals surface area contributed by atoms with Crippen LogP contribution in [0.25, 0.3) is 5.76 Å². The number of carboxylic acid groups (broad SMARTS) is 1. The van der Waals surface area contributed by atoms with E-state index in [1.165, 1.54) is 38.5 Å². The Morgan fingerprint density at radius 1 is 0.956 bits per heavy atom. The van der Waals surface area contributed by atoms with Crippen LogP contribution in [0, 0.1) is 0 Å². The normalized spacial score (nSPS) is 27.5. The number of aliphatic hydroxyl groups is 6. The molecule has 1 aromatic rings. The molecule has 1 unspecified atom stereocenters. The standard InChI is InChI=1S/C29H34O16/c1-29(39,9-21(32)33)10-22(34)42-11-20-24(36)25(37)26(38)28(45-20)44-19-8-14-15(31)6-13(30)7-16(14)43-27(19)12-4-17(40-2)23(35)18(5-12)41-3/h4-8,16,20,24-26,28,30-31,35-39H,9-11H2,1-3H3,(H,32,33)/t16?,20-,24-,25+,26-,28-,29+/m1/s1. The van der Waals surface area contributed by atoms with Crippen LogP contribution in [-0.4, -0.2) is 116 Å². The van der Waals surface area contributed by atoms with Gasteiger partial charge in [-0.2, -0.15) is 0 Å². The third-order valence-corrected chi connectivity index (χ3v) is 7.08. The third-order valence-electron chi connectivity index (χ3n) is 7.08. The maximum Gasteiger partial charge on any atom is 0.308 e. The van der Waals surface area contributed by atoms with Gasteiger partial charge in [-0.25, -0.2) is 0 Å². The Morgan fingerprint density at radius 3 is 2.20 bits per heavy atom. The molecule has 1 fully saturated rings. The molecule has 2 heterocycles. The lowest BCUT2D eigenvalue weighted by Crippen LogP contribution is -2.59. The minimum Gasteiger partial charge on any atom is -0.508 e. The first-order valence-electron chi connectivity index (χ1n) is 13.5. The molecule has 4 rings (SSSR count). The molecule has 2 aliphatic heterocycles. The van der Waals surface area contributed by atoms with Gasteiger partial charge in [-0.15, -0.1) is 0 Å². The number of benzene rings is 1. The summed E-state index contributed by atoms with van der Waals surface area (Å²) >= 11 is 0. The summed E-state index contributed by atoms with van der Waals surface area (Å²) in [5, 5.41) is 81.7. The summed E-state index contributed by atoms with van der Waals surface area (Å²) in [6.45, 7) is 0.447. The molecule has 16 heteroatoms. The first-order valence-corrected chi connectivity index (χ1v) is 13.5. The smallest absolute Gasteiger partial charge is 0.308 e.